The van der Waals surface area contributed by atoms with Crippen molar-refractivity contribution < 1.29 is 9.53 Å². The minimum Gasteiger partial charge on any atom is -0.380 e. The maximum Gasteiger partial charge on any atom is 0.257 e. The first kappa shape index (κ1) is 17.5. The SMILES string of the molecule is COCc1cc(=O)[nH]c2cc(NC(=O)c3ccc(Cl)cc3Cl)ccc12. The fourth-order valence-electron chi connectivity index (χ4n) is 2.56. The molecule has 0 aliphatic carbocycles. The van der Waals surface area contributed by atoms with Crippen molar-refractivity contribution in [2.45, 2.75) is 6.61 Å². The van der Waals surface area contributed by atoms with Gasteiger partial charge >= 0.3 is 0 Å². The molecule has 2 aromatic carbocycles. The quantitative estimate of drug-likeness (QED) is 0.715. The highest BCUT2D eigenvalue weighted by Crippen LogP contribution is 2.24. The predicted molar refractivity (Wildman–Crippen MR) is 99.7 cm³/mol. The van der Waals surface area contributed by atoms with Crippen LogP contribution in [0.2, 0.25) is 10.0 Å². The van der Waals surface area contributed by atoms with Gasteiger partial charge in [-0.15, -0.1) is 0 Å². The highest BCUT2D eigenvalue weighted by molar-refractivity contribution is 6.37. The number of hydrogen-bond acceptors (Lipinski definition) is 3. The molecule has 1 heterocycles. The van der Waals surface area contributed by atoms with Crippen molar-refractivity contribution in [1.82, 2.24) is 4.98 Å². The highest BCUT2D eigenvalue weighted by atomic mass is 35.5. The molecule has 0 fully saturated rings. The van der Waals surface area contributed by atoms with Crippen molar-refractivity contribution in [3.05, 3.63) is 74.0 Å². The Labute approximate surface area is 153 Å². The second-order valence-electron chi connectivity index (χ2n) is 5.43. The lowest BCUT2D eigenvalue weighted by molar-refractivity contribution is 0.102. The van der Waals surface area contributed by atoms with Crippen LogP contribution in [-0.4, -0.2) is 18.0 Å². The number of nitrogens with one attached hydrogen (secondary N) is 2. The molecule has 0 saturated heterocycles. The normalized spacial score (nSPS) is 10.8. The summed E-state index contributed by atoms with van der Waals surface area (Å²) >= 11 is 11.9. The molecule has 0 aliphatic rings. The van der Waals surface area contributed by atoms with Crippen LogP contribution in [0.5, 0.6) is 0 Å². The summed E-state index contributed by atoms with van der Waals surface area (Å²) in [6.45, 7) is 0.326. The van der Waals surface area contributed by atoms with Gasteiger partial charge in [0.2, 0.25) is 5.56 Å². The van der Waals surface area contributed by atoms with Gasteiger partial charge in [0.1, 0.15) is 0 Å². The zero-order chi connectivity index (χ0) is 18.0. The highest BCUT2D eigenvalue weighted by Gasteiger charge is 2.12. The first-order chi connectivity index (χ1) is 12.0. The maximum absolute atomic E-state index is 12.4. The van der Waals surface area contributed by atoms with Gasteiger partial charge in [0.05, 0.1) is 22.7 Å². The molecular formula is C18H14Cl2N2O3. The van der Waals surface area contributed by atoms with Gasteiger partial charge in [-0.3, -0.25) is 9.59 Å². The Bertz CT molecular complexity index is 1010. The minimum absolute atomic E-state index is 0.233. The van der Waals surface area contributed by atoms with Crippen LogP contribution in [0.4, 0.5) is 5.69 Å². The average molecular weight is 377 g/mol. The van der Waals surface area contributed by atoms with E-state index >= 15 is 0 Å². The van der Waals surface area contributed by atoms with Crippen LogP contribution in [-0.2, 0) is 11.3 Å². The first-order valence-corrected chi connectivity index (χ1v) is 8.15. The van der Waals surface area contributed by atoms with Crippen molar-refractivity contribution in [3.8, 4) is 0 Å². The molecule has 1 aromatic heterocycles. The first-order valence-electron chi connectivity index (χ1n) is 7.39. The Morgan fingerprint density at radius 3 is 2.68 bits per heavy atom. The summed E-state index contributed by atoms with van der Waals surface area (Å²) in [5.41, 5.74) is 2.00. The van der Waals surface area contributed by atoms with Crippen molar-refractivity contribution in [1.29, 1.82) is 0 Å². The van der Waals surface area contributed by atoms with Crippen LogP contribution in [0.25, 0.3) is 10.9 Å². The number of aromatic amines is 1. The van der Waals surface area contributed by atoms with E-state index < -0.39 is 0 Å². The van der Waals surface area contributed by atoms with Crippen molar-refractivity contribution >= 4 is 45.7 Å². The number of benzene rings is 2. The Hall–Kier alpha value is -2.34. The number of halogens is 2. The number of aromatic nitrogens is 1. The van der Waals surface area contributed by atoms with Gasteiger partial charge in [-0.05, 0) is 35.9 Å². The number of hydrogen-bond donors (Lipinski definition) is 2. The molecule has 25 heavy (non-hydrogen) atoms. The van der Waals surface area contributed by atoms with Crippen LogP contribution in [0.15, 0.2) is 47.3 Å². The van der Waals surface area contributed by atoms with Crippen molar-refractivity contribution in [3.63, 3.8) is 0 Å². The molecule has 128 valence electrons. The van der Waals surface area contributed by atoms with Crippen LogP contribution >= 0.6 is 23.2 Å². The molecule has 0 bridgehead atoms. The fourth-order valence-corrected chi connectivity index (χ4v) is 3.05. The second kappa shape index (κ2) is 7.27. The molecule has 0 aliphatic heterocycles. The van der Waals surface area contributed by atoms with E-state index in [-0.39, 0.29) is 16.5 Å². The van der Waals surface area contributed by atoms with Gasteiger partial charge in [0, 0.05) is 29.3 Å². The number of carbonyl (C=O) groups excluding carboxylic acids is 1. The third kappa shape index (κ3) is 3.85. The number of amides is 1. The van der Waals surface area contributed by atoms with Crippen LogP contribution in [0.1, 0.15) is 15.9 Å². The monoisotopic (exact) mass is 376 g/mol. The number of methoxy groups -OCH3 is 1. The van der Waals surface area contributed by atoms with E-state index in [0.717, 1.165) is 10.9 Å². The zero-order valence-corrected chi connectivity index (χ0v) is 14.7. The van der Waals surface area contributed by atoms with Gasteiger partial charge in [-0.25, -0.2) is 0 Å². The Morgan fingerprint density at radius 2 is 1.96 bits per heavy atom. The van der Waals surface area contributed by atoms with E-state index in [0.29, 0.717) is 28.4 Å². The topological polar surface area (TPSA) is 71.2 Å². The molecule has 0 atom stereocenters. The van der Waals surface area contributed by atoms with E-state index in [1.54, 1.807) is 31.4 Å². The fraction of sp³-hybridized carbons (Fsp3) is 0.111. The largest absolute Gasteiger partial charge is 0.380 e. The molecule has 3 aromatic rings. The van der Waals surface area contributed by atoms with E-state index in [2.05, 4.69) is 10.3 Å². The summed E-state index contributed by atoms with van der Waals surface area (Å²) in [6.07, 6.45) is 0. The van der Waals surface area contributed by atoms with E-state index in [1.807, 2.05) is 6.07 Å². The van der Waals surface area contributed by atoms with E-state index in [4.69, 9.17) is 27.9 Å². The number of anilines is 1. The predicted octanol–water partition coefficient (Wildman–Crippen LogP) is 4.23. The molecule has 0 unspecified atom stereocenters. The van der Waals surface area contributed by atoms with E-state index in [1.165, 1.54) is 12.1 Å². The Balaban J connectivity index is 1.94. The molecule has 0 radical (unpaired) electrons. The van der Waals surface area contributed by atoms with Gasteiger partial charge in [-0.1, -0.05) is 29.3 Å². The lowest BCUT2D eigenvalue weighted by Crippen LogP contribution is -2.13. The Kier molecular flexibility index (Phi) is 5.08. The third-order valence-electron chi connectivity index (χ3n) is 3.66. The molecule has 0 saturated carbocycles. The second-order valence-corrected chi connectivity index (χ2v) is 6.27. The summed E-state index contributed by atoms with van der Waals surface area (Å²) in [6, 6.07) is 11.4. The van der Waals surface area contributed by atoms with Crippen molar-refractivity contribution in [2.75, 3.05) is 12.4 Å². The van der Waals surface area contributed by atoms with E-state index in [9.17, 15) is 9.59 Å². The number of pyridine rings is 1. The third-order valence-corrected chi connectivity index (χ3v) is 4.21. The minimum atomic E-state index is -0.364. The molecule has 2 N–H and O–H groups in total. The van der Waals surface area contributed by atoms with Crippen LogP contribution in [0.3, 0.4) is 0 Å². The van der Waals surface area contributed by atoms with Gasteiger partial charge < -0.3 is 15.0 Å². The number of fused-ring (bicyclic) bond motifs is 1. The Morgan fingerprint density at radius 1 is 1.16 bits per heavy atom. The lowest BCUT2D eigenvalue weighted by atomic mass is 10.1. The molecule has 5 nitrogen and oxygen atoms in total. The summed E-state index contributed by atoms with van der Waals surface area (Å²) in [4.78, 5) is 26.9. The lowest BCUT2D eigenvalue weighted by Gasteiger charge is -2.10. The number of H-pyrrole nitrogens is 1. The molecular weight excluding hydrogens is 363 g/mol. The smallest absolute Gasteiger partial charge is 0.257 e. The number of rotatable bonds is 4. The summed E-state index contributed by atoms with van der Waals surface area (Å²) in [7, 11) is 1.57. The van der Waals surface area contributed by atoms with Crippen LogP contribution < -0.4 is 10.9 Å². The maximum atomic E-state index is 12.4. The summed E-state index contributed by atoms with van der Waals surface area (Å²) in [5.74, 6) is -0.364. The van der Waals surface area contributed by atoms with Gasteiger partial charge in [-0.2, -0.15) is 0 Å². The standard InChI is InChI=1S/C18H14Cl2N2O3/c1-25-9-10-6-17(23)22-16-8-12(3-5-13(10)16)21-18(24)14-4-2-11(19)7-15(14)20/h2-8H,9H2,1H3,(H,21,24)(H,22,23). The molecule has 0 spiro atoms. The number of carbonyl (C=O) groups is 1. The van der Waals surface area contributed by atoms with Gasteiger partial charge in [0.15, 0.2) is 0 Å². The molecule has 7 heteroatoms. The zero-order valence-electron chi connectivity index (χ0n) is 13.2. The average Bonchev–Trinajstić information content (AvgIpc) is 2.54. The molecule has 3 rings (SSSR count). The number of ether oxygens (including phenoxy) is 1. The van der Waals surface area contributed by atoms with Crippen molar-refractivity contribution in [2.24, 2.45) is 0 Å². The summed E-state index contributed by atoms with van der Waals surface area (Å²) in [5, 5.41) is 4.33. The van der Waals surface area contributed by atoms with Gasteiger partial charge in [0.25, 0.3) is 5.91 Å². The van der Waals surface area contributed by atoms with Crippen LogP contribution in [0, 0.1) is 0 Å². The molecule has 1 amide bonds. The summed E-state index contributed by atoms with van der Waals surface area (Å²) < 4.78 is 5.12.